The number of alkyl halides is 6. The van der Waals surface area contributed by atoms with Crippen molar-refractivity contribution < 1.29 is 35.5 Å². The van der Waals surface area contributed by atoms with Crippen molar-refractivity contribution in [2.75, 3.05) is 20.1 Å². The summed E-state index contributed by atoms with van der Waals surface area (Å²) in [5, 5.41) is 3.02. The molecule has 0 bridgehead atoms. The zero-order valence-corrected chi connectivity index (χ0v) is 20.1. The standard InChI is InChI=1S/C24H24ClF7N2O/c1-12-5-6-17(26)20(25)19(12)16-10-33-11-18(16)34(4)21(35)22(2,3)13-7-14(23(27,28)29)9-15(8-13)24(30,31)32/h5-9,16,18,33H,10-11H2,1-4H3. The fraction of sp³-hybridized carbons (Fsp3) is 0.458. The van der Waals surface area contributed by atoms with Gasteiger partial charge in [0.25, 0.3) is 0 Å². The van der Waals surface area contributed by atoms with Gasteiger partial charge in [0.2, 0.25) is 5.91 Å². The zero-order chi connectivity index (χ0) is 26.5. The molecule has 3 nitrogen and oxygen atoms in total. The Morgan fingerprint density at radius 3 is 2.00 bits per heavy atom. The van der Waals surface area contributed by atoms with Crippen LogP contribution < -0.4 is 5.32 Å². The fourth-order valence-corrected chi connectivity index (χ4v) is 4.87. The summed E-state index contributed by atoms with van der Waals surface area (Å²) in [7, 11) is 1.43. The van der Waals surface area contributed by atoms with Crippen LogP contribution in [0.4, 0.5) is 30.7 Å². The molecule has 1 aliphatic heterocycles. The molecule has 1 saturated heterocycles. The van der Waals surface area contributed by atoms with Gasteiger partial charge in [0.1, 0.15) is 5.82 Å². The molecule has 0 spiro atoms. The van der Waals surface area contributed by atoms with E-state index in [2.05, 4.69) is 5.32 Å². The van der Waals surface area contributed by atoms with Gasteiger partial charge < -0.3 is 10.2 Å². The average Bonchev–Trinajstić information content (AvgIpc) is 3.23. The lowest BCUT2D eigenvalue weighted by Gasteiger charge is -2.36. The number of hydrogen-bond donors (Lipinski definition) is 1. The van der Waals surface area contributed by atoms with Crippen LogP contribution in [-0.2, 0) is 22.6 Å². The molecular weight excluding hydrogens is 501 g/mol. The summed E-state index contributed by atoms with van der Waals surface area (Å²) in [6.07, 6.45) is -10.1. The fourth-order valence-electron chi connectivity index (χ4n) is 4.52. The molecule has 0 radical (unpaired) electrons. The van der Waals surface area contributed by atoms with Gasteiger partial charge in [-0.05, 0) is 61.7 Å². The Balaban J connectivity index is 2.02. The van der Waals surface area contributed by atoms with E-state index in [9.17, 15) is 35.5 Å². The minimum absolute atomic E-state index is 0.0272. The highest BCUT2D eigenvalue weighted by atomic mass is 35.5. The third-order valence-electron chi connectivity index (χ3n) is 6.57. The highest BCUT2D eigenvalue weighted by molar-refractivity contribution is 6.31. The maximum Gasteiger partial charge on any atom is 0.416 e. The monoisotopic (exact) mass is 524 g/mol. The summed E-state index contributed by atoms with van der Waals surface area (Å²) in [5.74, 6) is -1.75. The second kappa shape index (κ2) is 9.28. The van der Waals surface area contributed by atoms with E-state index in [0.717, 1.165) is 0 Å². The predicted molar refractivity (Wildman–Crippen MR) is 118 cm³/mol. The molecule has 1 heterocycles. The van der Waals surface area contributed by atoms with E-state index in [0.29, 0.717) is 29.8 Å². The van der Waals surface area contributed by atoms with Crippen molar-refractivity contribution in [2.45, 2.75) is 50.5 Å². The molecule has 0 saturated carbocycles. The quantitative estimate of drug-likeness (QED) is 0.475. The molecule has 1 amide bonds. The number of likely N-dealkylation sites (N-methyl/N-ethyl adjacent to an activating group) is 1. The molecule has 2 aromatic rings. The first kappa shape index (κ1) is 27.3. The number of rotatable bonds is 4. The number of aryl methyl sites for hydroxylation is 1. The van der Waals surface area contributed by atoms with Crippen LogP contribution in [0.3, 0.4) is 0 Å². The Kier molecular flexibility index (Phi) is 7.23. The number of amides is 1. The van der Waals surface area contributed by atoms with Crippen LogP contribution >= 0.6 is 11.6 Å². The normalized spacial score (nSPS) is 19.2. The zero-order valence-electron chi connectivity index (χ0n) is 19.3. The molecule has 3 rings (SSSR count). The highest BCUT2D eigenvalue weighted by Crippen LogP contribution is 2.41. The molecule has 1 N–H and O–H groups in total. The second-order valence-corrected chi connectivity index (χ2v) is 9.64. The van der Waals surface area contributed by atoms with E-state index in [1.807, 2.05) is 0 Å². The molecule has 192 valence electrons. The van der Waals surface area contributed by atoms with E-state index in [-0.39, 0.29) is 17.6 Å². The topological polar surface area (TPSA) is 32.3 Å². The SMILES string of the molecule is Cc1ccc(F)c(Cl)c1C1CNCC1N(C)C(=O)C(C)(C)c1cc(C(F)(F)F)cc(C(F)(F)F)c1. The molecule has 2 aromatic carbocycles. The average molecular weight is 525 g/mol. The Bertz CT molecular complexity index is 1100. The third-order valence-corrected chi connectivity index (χ3v) is 6.95. The highest BCUT2D eigenvalue weighted by Gasteiger charge is 2.43. The van der Waals surface area contributed by atoms with E-state index < -0.39 is 58.1 Å². The van der Waals surface area contributed by atoms with Gasteiger partial charge in [0.05, 0.1) is 27.6 Å². The summed E-state index contributed by atoms with van der Waals surface area (Å²) in [6, 6.07) is 3.38. The number of nitrogens with one attached hydrogen (secondary N) is 1. The van der Waals surface area contributed by atoms with Gasteiger partial charge >= 0.3 is 12.4 Å². The Hall–Kier alpha value is -2.33. The number of hydrogen-bond acceptors (Lipinski definition) is 2. The van der Waals surface area contributed by atoms with Gasteiger partial charge in [0.15, 0.2) is 0 Å². The van der Waals surface area contributed by atoms with Crippen molar-refractivity contribution in [3.8, 4) is 0 Å². The second-order valence-electron chi connectivity index (χ2n) is 9.26. The van der Waals surface area contributed by atoms with Crippen LogP contribution in [0, 0.1) is 12.7 Å². The molecule has 1 fully saturated rings. The van der Waals surface area contributed by atoms with Crippen LogP contribution in [0.2, 0.25) is 5.02 Å². The van der Waals surface area contributed by atoms with E-state index >= 15 is 0 Å². The summed E-state index contributed by atoms with van der Waals surface area (Å²) in [5.41, 5.74) is -3.94. The molecule has 2 atom stereocenters. The van der Waals surface area contributed by atoms with Crippen molar-refractivity contribution in [3.63, 3.8) is 0 Å². The van der Waals surface area contributed by atoms with Gasteiger partial charge in [-0.1, -0.05) is 17.7 Å². The molecule has 0 aliphatic carbocycles. The number of benzene rings is 2. The third kappa shape index (κ3) is 5.28. The minimum Gasteiger partial charge on any atom is -0.340 e. The smallest absolute Gasteiger partial charge is 0.340 e. The lowest BCUT2D eigenvalue weighted by atomic mass is 9.80. The number of halogens is 8. The van der Waals surface area contributed by atoms with Gasteiger partial charge in [-0.2, -0.15) is 26.3 Å². The Morgan fingerprint density at radius 2 is 1.49 bits per heavy atom. The van der Waals surface area contributed by atoms with E-state index in [1.165, 1.54) is 31.9 Å². The Labute approximate surface area is 203 Å². The van der Waals surface area contributed by atoms with Crippen molar-refractivity contribution in [1.82, 2.24) is 10.2 Å². The van der Waals surface area contributed by atoms with E-state index in [1.54, 1.807) is 13.0 Å². The van der Waals surface area contributed by atoms with Gasteiger partial charge in [0, 0.05) is 26.1 Å². The van der Waals surface area contributed by atoms with Gasteiger partial charge in [-0.15, -0.1) is 0 Å². The van der Waals surface area contributed by atoms with E-state index in [4.69, 9.17) is 11.6 Å². The number of nitrogens with zero attached hydrogens (tertiary/aromatic N) is 1. The van der Waals surface area contributed by atoms with Crippen LogP contribution in [0.5, 0.6) is 0 Å². The lowest BCUT2D eigenvalue weighted by molar-refractivity contribution is -0.144. The first-order chi connectivity index (χ1) is 16.0. The van der Waals surface area contributed by atoms with Crippen molar-refractivity contribution in [2.24, 2.45) is 0 Å². The molecular formula is C24H24ClF7N2O. The van der Waals surface area contributed by atoms with Crippen LogP contribution in [0.15, 0.2) is 30.3 Å². The molecule has 1 aliphatic rings. The lowest BCUT2D eigenvalue weighted by Crippen LogP contribution is -2.49. The first-order valence-electron chi connectivity index (χ1n) is 10.7. The molecule has 35 heavy (non-hydrogen) atoms. The van der Waals surface area contributed by atoms with Crippen molar-refractivity contribution in [3.05, 3.63) is 69.0 Å². The van der Waals surface area contributed by atoms with Crippen molar-refractivity contribution >= 4 is 17.5 Å². The first-order valence-corrected chi connectivity index (χ1v) is 11.1. The molecule has 2 unspecified atom stereocenters. The molecule has 0 aromatic heterocycles. The largest absolute Gasteiger partial charge is 0.416 e. The number of carbonyl (C=O) groups excluding carboxylic acids is 1. The van der Waals surface area contributed by atoms with Gasteiger partial charge in [-0.3, -0.25) is 4.79 Å². The minimum atomic E-state index is -5.03. The maximum absolute atomic E-state index is 14.2. The number of carbonyl (C=O) groups is 1. The summed E-state index contributed by atoms with van der Waals surface area (Å²) in [6.45, 7) is 4.93. The van der Waals surface area contributed by atoms with Crippen molar-refractivity contribution in [1.29, 1.82) is 0 Å². The van der Waals surface area contributed by atoms with Crippen LogP contribution in [0.1, 0.15) is 47.6 Å². The Morgan fingerprint density at radius 1 is 0.971 bits per heavy atom. The maximum atomic E-state index is 14.2. The predicted octanol–water partition coefficient (Wildman–Crippen LogP) is 6.32. The van der Waals surface area contributed by atoms with Crippen LogP contribution in [-0.4, -0.2) is 37.0 Å². The van der Waals surface area contributed by atoms with Gasteiger partial charge in [-0.25, -0.2) is 4.39 Å². The van der Waals surface area contributed by atoms with Crippen LogP contribution in [0.25, 0.3) is 0 Å². The molecule has 11 heteroatoms. The summed E-state index contributed by atoms with van der Waals surface area (Å²) < 4.78 is 94.3. The summed E-state index contributed by atoms with van der Waals surface area (Å²) in [4.78, 5) is 14.8. The summed E-state index contributed by atoms with van der Waals surface area (Å²) >= 11 is 6.21.